The average Bonchev–Trinajstić information content (AvgIpc) is 2.63. The maximum Gasteiger partial charge on any atom is 0.256 e. The second-order valence-corrected chi connectivity index (χ2v) is 7.27. The summed E-state index contributed by atoms with van der Waals surface area (Å²) in [6.45, 7) is 10.1. The van der Waals surface area contributed by atoms with Gasteiger partial charge in [0, 0.05) is 13.1 Å². The van der Waals surface area contributed by atoms with Crippen LogP contribution in [-0.4, -0.2) is 23.9 Å². The van der Waals surface area contributed by atoms with Crippen molar-refractivity contribution in [2.75, 3.05) is 13.1 Å². The molecule has 0 saturated carbocycles. The van der Waals surface area contributed by atoms with Crippen LogP contribution in [0.3, 0.4) is 0 Å². The summed E-state index contributed by atoms with van der Waals surface area (Å²) in [5.74, 6) is 0.0526. The van der Waals surface area contributed by atoms with Gasteiger partial charge in [-0.3, -0.25) is 4.79 Å². The van der Waals surface area contributed by atoms with E-state index in [-0.39, 0.29) is 16.9 Å². The highest BCUT2D eigenvalue weighted by Gasteiger charge is 2.29. The van der Waals surface area contributed by atoms with Gasteiger partial charge < -0.3 is 4.90 Å². The smallest absolute Gasteiger partial charge is 0.256 e. The molecule has 1 heterocycles. The first-order valence-corrected chi connectivity index (χ1v) is 7.84. The first-order valence-electron chi connectivity index (χ1n) is 7.84. The van der Waals surface area contributed by atoms with Crippen LogP contribution in [0.1, 0.15) is 56.0 Å². The Balaban J connectivity index is 2.10. The van der Waals surface area contributed by atoms with Gasteiger partial charge in [0.1, 0.15) is 5.82 Å². The molecule has 1 saturated heterocycles. The summed E-state index contributed by atoms with van der Waals surface area (Å²) in [7, 11) is 0. The van der Waals surface area contributed by atoms with Crippen LogP contribution in [0.4, 0.5) is 4.39 Å². The Hall–Kier alpha value is -1.38. The molecule has 0 aliphatic carbocycles. The molecular weight excluding hydrogens is 265 g/mol. The predicted molar refractivity (Wildman–Crippen MR) is 83.8 cm³/mol. The van der Waals surface area contributed by atoms with Crippen molar-refractivity contribution in [3.05, 3.63) is 35.1 Å². The largest absolute Gasteiger partial charge is 0.339 e. The Kier molecular flexibility index (Phi) is 4.70. The van der Waals surface area contributed by atoms with Crippen LogP contribution in [0, 0.1) is 24.1 Å². The van der Waals surface area contributed by atoms with Gasteiger partial charge >= 0.3 is 0 Å². The van der Waals surface area contributed by atoms with E-state index < -0.39 is 5.82 Å². The molecule has 1 aromatic carbocycles. The lowest BCUT2D eigenvalue weighted by atomic mass is 9.77. The molecular formula is C18H26FNO. The Morgan fingerprint density at radius 2 is 1.95 bits per heavy atom. The fourth-order valence-electron chi connectivity index (χ4n) is 3.13. The van der Waals surface area contributed by atoms with E-state index in [0.29, 0.717) is 5.92 Å². The topological polar surface area (TPSA) is 20.3 Å². The lowest BCUT2D eigenvalue weighted by Gasteiger charge is -2.29. The summed E-state index contributed by atoms with van der Waals surface area (Å²) in [5.41, 5.74) is 1.32. The first kappa shape index (κ1) is 16.0. The molecule has 0 radical (unpaired) electrons. The number of likely N-dealkylation sites (tertiary alicyclic amines) is 1. The van der Waals surface area contributed by atoms with Crippen molar-refractivity contribution >= 4 is 5.91 Å². The Morgan fingerprint density at radius 1 is 1.24 bits per heavy atom. The third-order valence-corrected chi connectivity index (χ3v) is 4.60. The van der Waals surface area contributed by atoms with Crippen molar-refractivity contribution in [1.29, 1.82) is 0 Å². The molecule has 0 bridgehead atoms. The quantitative estimate of drug-likeness (QED) is 0.750. The van der Waals surface area contributed by atoms with E-state index in [1.54, 1.807) is 12.1 Å². The second kappa shape index (κ2) is 6.17. The van der Waals surface area contributed by atoms with Gasteiger partial charge in [0.2, 0.25) is 0 Å². The molecule has 116 valence electrons. The van der Waals surface area contributed by atoms with Crippen molar-refractivity contribution in [2.24, 2.45) is 11.3 Å². The number of benzene rings is 1. The van der Waals surface area contributed by atoms with Crippen molar-refractivity contribution in [1.82, 2.24) is 4.90 Å². The Morgan fingerprint density at radius 3 is 2.57 bits per heavy atom. The highest BCUT2D eigenvalue weighted by molar-refractivity contribution is 5.94. The highest BCUT2D eigenvalue weighted by atomic mass is 19.1. The zero-order valence-corrected chi connectivity index (χ0v) is 13.6. The van der Waals surface area contributed by atoms with Crippen LogP contribution in [0.15, 0.2) is 18.2 Å². The minimum Gasteiger partial charge on any atom is -0.339 e. The SMILES string of the molecule is Cc1ccc(C(=O)N2CCCC(C(C)(C)C)CC2)c(F)c1. The van der Waals surface area contributed by atoms with Crippen molar-refractivity contribution in [3.63, 3.8) is 0 Å². The molecule has 1 unspecified atom stereocenters. The maximum absolute atomic E-state index is 14.0. The average molecular weight is 291 g/mol. The number of carbonyl (C=O) groups is 1. The second-order valence-electron chi connectivity index (χ2n) is 7.27. The van der Waals surface area contributed by atoms with Gasteiger partial charge in [-0.1, -0.05) is 26.8 Å². The van der Waals surface area contributed by atoms with Gasteiger partial charge in [0.15, 0.2) is 0 Å². The molecule has 1 aliphatic rings. The van der Waals surface area contributed by atoms with Crippen molar-refractivity contribution < 1.29 is 9.18 Å². The summed E-state index contributed by atoms with van der Waals surface area (Å²) in [6.07, 6.45) is 3.15. The molecule has 0 aromatic heterocycles. The molecule has 0 spiro atoms. The monoisotopic (exact) mass is 291 g/mol. The van der Waals surface area contributed by atoms with Gasteiger partial charge in [0.25, 0.3) is 5.91 Å². The van der Waals surface area contributed by atoms with Gasteiger partial charge in [-0.2, -0.15) is 0 Å². The van der Waals surface area contributed by atoms with E-state index in [1.165, 1.54) is 6.07 Å². The van der Waals surface area contributed by atoms with E-state index in [1.807, 2.05) is 11.8 Å². The molecule has 3 heteroatoms. The summed E-state index contributed by atoms with van der Waals surface area (Å²) < 4.78 is 14.0. The summed E-state index contributed by atoms with van der Waals surface area (Å²) >= 11 is 0. The number of halogens is 1. The van der Waals surface area contributed by atoms with Crippen LogP contribution in [0.2, 0.25) is 0 Å². The van der Waals surface area contributed by atoms with E-state index in [0.717, 1.165) is 37.9 Å². The molecule has 1 aliphatic heterocycles. The van der Waals surface area contributed by atoms with Crippen LogP contribution >= 0.6 is 0 Å². The minimum atomic E-state index is -0.406. The zero-order valence-electron chi connectivity index (χ0n) is 13.6. The normalized spacial score (nSPS) is 20.2. The molecule has 1 aromatic rings. The summed E-state index contributed by atoms with van der Waals surface area (Å²) in [6, 6.07) is 4.84. The van der Waals surface area contributed by atoms with Gasteiger partial charge in [-0.15, -0.1) is 0 Å². The van der Waals surface area contributed by atoms with Crippen LogP contribution in [-0.2, 0) is 0 Å². The van der Waals surface area contributed by atoms with Crippen LogP contribution in [0.5, 0.6) is 0 Å². The number of rotatable bonds is 1. The molecule has 1 atom stereocenters. The third-order valence-electron chi connectivity index (χ3n) is 4.60. The van der Waals surface area contributed by atoms with E-state index in [9.17, 15) is 9.18 Å². The fraction of sp³-hybridized carbons (Fsp3) is 0.611. The fourth-order valence-corrected chi connectivity index (χ4v) is 3.13. The molecule has 2 rings (SSSR count). The molecule has 21 heavy (non-hydrogen) atoms. The number of aryl methyl sites for hydroxylation is 1. The van der Waals surface area contributed by atoms with Crippen LogP contribution in [0.25, 0.3) is 0 Å². The first-order chi connectivity index (χ1) is 9.79. The van der Waals surface area contributed by atoms with Gasteiger partial charge in [-0.25, -0.2) is 4.39 Å². The standard InChI is InChI=1S/C18H26FNO/c1-13-7-8-15(16(19)12-13)17(21)20-10-5-6-14(9-11-20)18(2,3)4/h7-8,12,14H,5-6,9-11H2,1-4H3. The summed E-state index contributed by atoms with van der Waals surface area (Å²) in [4.78, 5) is 14.3. The zero-order chi connectivity index (χ0) is 15.6. The predicted octanol–water partition coefficient (Wildman–Crippen LogP) is 4.42. The Bertz CT molecular complexity index is 518. The van der Waals surface area contributed by atoms with Crippen molar-refractivity contribution in [3.8, 4) is 0 Å². The number of hydrogen-bond acceptors (Lipinski definition) is 1. The number of carbonyl (C=O) groups excluding carboxylic acids is 1. The molecule has 2 nitrogen and oxygen atoms in total. The van der Waals surface area contributed by atoms with E-state index in [2.05, 4.69) is 20.8 Å². The molecule has 1 fully saturated rings. The van der Waals surface area contributed by atoms with Gasteiger partial charge in [0.05, 0.1) is 5.56 Å². The van der Waals surface area contributed by atoms with E-state index >= 15 is 0 Å². The number of amides is 1. The third kappa shape index (κ3) is 3.84. The molecule has 1 amide bonds. The Labute approximate surface area is 127 Å². The van der Waals surface area contributed by atoms with Gasteiger partial charge in [-0.05, 0) is 55.2 Å². The molecule has 0 N–H and O–H groups in total. The van der Waals surface area contributed by atoms with E-state index in [4.69, 9.17) is 0 Å². The minimum absolute atomic E-state index is 0.165. The number of hydrogen-bond donors (Lipinski definition) is 0. The highest BCUT2D eigenvalue weighted by Crippen LogP contribution is 2.34. The maximum atomic E-state index is 14.0. The summed E-state index contributed by atoms with van der Waals surface area (Å²) in [5, 5.41) is 0. The lowest BCUT2D eigenvalue weighted by molar-refractivity contribution is 0.0751. The lowest BCUT2D eigenvalue weighted by Crippen LogP contribution is -2.33. The number of nitrogens with zero attached hydrogens (tertiary/aromatic N) is 1. The van der Waals surface area contributed by atoms with Crippen LogP contribution < -0.4 is 0 Å². The van der Waals surface area contributed by atoms with Crippen molar-refractivity contribution in [2.45, 2.75) is 47.0 Å².